The molecule has 1 saturated carbocycles. The molecule has 0 saturated heterocycles. The van der Waals surface area contributed by atoms with Crippen LogP contribution in [0.1, 0.15) is 30.4 Å². The normalized spacial score (nSPS) is 16.0. The lowest BCUT2D eigenvalue weighted by atomic mass is 9.64. The molecule has 0 aromatic heterocycles. The SMILES string of the molecule is O=C(NCC1(c2ccccc2)CCC1)Nc1cccc(C(F)(F)F)c1. The second-order valence-electron chi connectivity index (χ2n) is 6.39. The van der Waals surface area contributed by atoms with E-state index in [2.05, 4.69) is 10.6 Å². The van der Waals surface area contributed by atoms with Gasteiger partial charge in [-0.1, -0.05) is 42.8 Å². The Balaban J connectivity index is 1.62. The predicted molar refractivity (Wildman–Crippen MR) is 90.4 cm³/mol. The van der Waals surface area contributed by atoms with Crippen LogP contribution >= 0.6 is 0 Å². The fourth-order valence-electron chi connectivity index (χ4n) is 3.16. The first-order chi connectivity index (χ1) is 11.9. The van der Waals surface area contributed by atoms with Gasteiger partial charge < -0.3 is 10.6 Å². The maximum absolute atomic E-state index is 12.7. The molecule has 3 rings (SSSR count). The summed E-state index contributed by atoms with van der Waals surface area (Å²) < 4.78 is 38.2. The van der Waals surface area contributed by atoms with Crippen molar-refractivity contribution >= 4 is 11.7 Å². The van der Waals surface area contributed by atoms with E-state index in [1.807, 2.05) is 30.3 Å². The Kier molecular flexibility index (Phi) is 4.70. The Morgan fingerprint density at radius 2 is 1.76 bits per heavy atom. The Morgan fingerprint density at radius 1 is 1.04 bits per heavy atom. The van der Waals surface area contributed by atoms with Crippen molar-refractivity contribution < 1.29 is 18.0 Å². The van der Waals surface area contributed by atoms with Gasteiger partial charge in [-0.15, -0.1) is 0 Å². The number of urea groups is 1. The second-order valence-corrected chi connectivity index (χ2v) is 6.39. The van der Waals surface area contributed by atoms with Gasteiger partial charge in [-0.3, -0.25) is 0 Å². The van der Waals surface area contributed by atoms with Crippen molar-refractivity contribution in [3.63, 3.8) is 0 Å². The number of carbonyl (C=O) groups excluding carboxylic acids is 1. The Bertz CT molecular complexity index is 740. The van der Waals surface area contributed by atoms with Crippen LogP contribution in [0.4, 0.5) is 23.7 Å². The molecule has 2 aromatic carbocycles. The molecule has 0 aliphatic heterocycles. The summed E-state index contributed by atoms with van der Waals surface area (Å²) in [5.74, 6) is 0. The van der Waals surface area contributed by atoms with Crippen molar-refractivity contribution in [2.75, 3.05) is 11.9 Å². The second kappa shape index (κ2) is 6.78. The molecule has 0 bridgehead atoms. The number of halogens is 3. The van der Waals surface area contributed by atoms with Crippen LogP contribution in [0.2, 0.25) is 0 Å². The van der Waals surface area contributed by atoms with Gasteiger partial charge in [0.05, 0.1) is 5.56 Å². The van der Waals surface area contributed by atoms with Crippen LogP contribution in [0, 0.1) is 0 Å². The zero-order valence-electron chi connectivity index (χ0n) is 13.6. The van der Waals surface area contributed by atoms with Gasteiger partial charge in [0.15, 0.2) is 0 Å². The molecule has 2 N–H and O–H groups in total. The van der Waals surface area contributed by atoms with Crippen molar-refractivity contribution in [2.24, 2.45) is 0 Å². The van der Waals surface area contributed by atoms with Gasteiger partial charge in [-0.05, 0) is 36.6 Å². The average Bonchev–Trinajstić information content (AvgIpc) is 2.54. The molecule has 1 fully saturated rings. The number of nitrogens with one attached hydrogen (secondary N) is 2. The lowest BCUT2D eigenvalue weighted by molar-refractivity contribution is -0.137. The number of anilines is 1. The average molecular weight is 348 g/mol. The third-order valence-electron chi connectivity index (χ3n) is 4.73. The van der Waals surface area contributed by atoms with Crippen LogP contribution in [0.25, 0.3) is 0 Å². The fraction of sp³-hybridized carbons (Fsp3) is 0.316. The first-order valence-electron chi connectivity index (χ1n) is 8.17. The summed E-state index contributed by atoms with van der Waals surface area (Å²) in [6, 6.07) is 14.1. The molecule has 132 valence electrons. The van der Waals surface area contributed by atoms with E-state index in [0.717, 1.165) is 31.4 Å². The van der Waals surface area contributed by atoms with Gasteiger partial charge in [-0.2, -0.15) is 13.2 Å². The number of hydrogen-bond acceptors (Lipinski definition) is 1. The molecule has 6 heteroatoms. The van der Waals surface area contributed by atoms with E-state index in [0.29, 0.717) is 6.54 Å². The van der Waals surface area contributed by atoms with E-state index in [4.69, 9.17) is 0 Å². The molecule has 25 heavy (non-hydrogen) atoms. The predicted octanol–water partition coefficient (Wildman–Crippen LogP) is 4.95. The van der Waals surface area contributed by atoms with Gasteiger partial charge in [0.1, 0.15) is 0 Å². The summed E-state index contributed by atoms with van der Waals surface area (Å²) >= 11 is 0. The van der Waals surface area contributed by atoms with Crippen molar-refractivity contribution in [2.45, 2.75) is 30.9 Å². The molecule has 2 amide bonds. The third kappa shape index (κ3) is 3.95. The highest BCUT2D eigenvalue weighted by molar-refractivity contribution is 5.89. The maximum atomic E-state index is 12.7. The minimum atomic E-state index is -4.43. The summed E-state index contributed by atoms with van der Waals surface area (Å²) in [4.78, 5) is 12.1. The largest absolute Gasteiger partial charge is 0.416 e. The molecule has 0 heterocycles. The Hall–Kier alpha value is -2.50. The molecule has 0 radical (unpaired) electrons. The third-order valence-corrected chi connectivity index (χ3v) is 4.73. The minimum Gasteiger partial charge on any atom is -0.337 e. The smallest absolute Gasteiger partial charge is 0.337 e. The van der Waals surface area contributed by atoms with Crippen LogP contribution < -0.4 is 10.6 Å². The summed E-state index contributed by atoms with van der Waals surface area (Å²) in [6.07, 6.45) is -1.36. The summed E-state index contributed by atoms with van der Waals surface area (Å²) in [5, 5.41) is 5.28. The van der Waals surface area contributed by atoms with Gasteiger partial charge in [0, 0.05) is 17.6 Å². The number of alkyl halides is 3. The van der Waals surface area contributed by atoms with Crippen molar-refractivity contribution in [1.82, 2.24) is 5.32 Å². The molecule has 3 nitrogen and oxygen atoms in total. The highest BCUT2D eigenvalue weighted by Gasteiger charge is 2.38. The molecule has 2 aromatic rings. The number of carbonyl (C=O) groups is 1. The lowest BCUT2D eigenvalue weighted by Gasteiger charge is -2.42. The van der Waals surface area contributed by atoms with Gasteiger partial charge >= 0.3 is 12.2 Å². The van der Waals surface area contributed by atoms with Crippen LogP contribution in [0.5, 0.6) is 0 Å². The highest BCUT2D eigenvalue weighted by atomic mass is 19.4. The molecule has 0 atom stereocenters. The van der Waals surface area contributed by atoms with E-state index in [-0.39, 0.29) is 11.1 Å². The molecule has 0 spiro atoms. The van der Waals surface area contributed by atoms with E-state index in [9.17, 15) is 18.0 Å². The van der Waals surface area contributed by atoms with Crippen molar-refractivity contribution in [3.05, 3.63) is 65.7 Å². The molecule has 1 aliphatic carbocycles. The van der Waals surface area contributed by atoms with Crippen LogP contribution in [-0.2, 0) is 11.6 Å². The van der Waals surface area contributed by atoms with Crippen LogP contribution in [0.3, 0.4) is 0 Å². The summed E-state index contributed by atoms with van der Waals surface area (Å²) in [5.41, 5.74) is 0.437. The molecule has 0 unspecified atom stereocenters. The van der Waals surface area contributed by atoms with Gasteiger partial charge in [0.2, 0.25) is 0 Å². The lowest BCUT2D eigenvalue weighted by Crippen LogP contribution is -2.46. The highest BCUT2D eigenvalue weighted by Crippen LogP contribution is 2.43. The fourth-order valence-corrected chi connectivity index (χ4v) is 3.16. The van der Waals surface area contributed by atoms with Crippen molar-refractivity contribution in [1.29, 1.82) is 0 Å². The van der Waals surface area contributed by atoms with E-state index in [1.54, 1.807) is 0 Å². The quantitative estimate of drug-likeness (QED) is 0.806. The summed E-state index contributed by atoms with van der Waals surface area (Å²) in [6.45, 7) is 0.460. The zero-order valence-corrected chi connectivity index (χ0v) is 13.6. The van der Waals surface area contributed by atoms with E-state index in [1.165, 1.54) is 17.7 Å². The zero-order chi connectivity index (χ0) is 17.9. The topological polar surface area (TPSA) is 41.1 Å². The standard InChI is InChI=1S/C19H19F3N2O/c20-19(21,22)15-8-4-9-16(12-15)24-17(25)23-13-18(10-5-11-18)14-6-2-1-3-7-14/h1-4,6-9,12H,5,10-11,13H2,(H2,23,24,25). The Morgan fingerprint density at radius 3 is 2.36 bits per heavy atom. The number of benzene rings is 2. The first kappa shape index (κ1) is 17.3. The molecular weight excluding hydrogens is 329 g/mol. The van der Waals surface area contributed by atoms with Crippen molar-refractivity contribution in [3.8, 4) is 0 Å². The minimum absolute atomic E-state index is 0.0770. The number of hydrogen-bond donors (Lipinski definition) is 2. The maximum Gasteiger partial charge on any atom is 0.416 e. The van der Waals surface area contributed by atoms with Crippen LogP contribution in [0.15, 0.2) is 54.6 Å². The molecular formula is C19H19F3N2O. The van der Waals surface area contributed by atoms with Gasteiger partial charge in [0.25, 0.3) is 0 Å². The Labute approximate surface area is 144 Å². The van der Waals surface area contributed by atoms with E-state index < -0.39 is 17.8 Å². The van der Waals surface area contributed by atoms with Gasteiger partial charge in [-0.25, -0.2) is 4.79 Å². The summed E-state index contributed by atoms with van der Waals surface area (Å²) in [7, 11) is 0. The van der Waals surface area contributed by atoms with Crippen LogP contribution in [-0.4, -0.2) is 12.6 Å². The number of amides is 2. The van der Waals surface area contributed by atoms with E-state index >= 15 is 0 Å². The molecule has 1 aliphatic rings. The monoisotopic (exact) mass is 348 g/mol. The number of rotatable bonds is 4. The first-order valence-corrected chi connectivity index (χ1v) is 8.17.